The van der Waals surface area contributed by atoms with Gasteiger partial charge in [0.1, 0.15) is 17.6 Å². The highest BCUT2D eigenvalue weighted by Gasteiger charge is 2.18. The summed E-state index contributed by atoms with van der Waals surface area (Å²) >= 11 is 0. The van der Waals surface area contributed by atoms with Crippen LogP contribution in [0.4, 0.5) is 0 Å². The molecule has 106 valence electrons. The third kappa shape index (κ3) is 3.52. The summed E-state index contributed by atoms with van der Waals surface area (Å²) in [6.45, 7) is 4.02. The SMILES string of the molecule is COc1ccc(OC(c2ccc(C)cc2)C(C)N)cc1. The average molecular weight is 271 g/mol. The van der Waals surface area contributed by atoms with Crippen molar-refractivity contribution in [1.82, 2.24) is 0 Å². The number of ether oxygens (including phenoxy) is 2. The zero-order valence-electron chi connectivity index (χ0n) is 12.2. The van der Waals surface area contributed by atoms with Crippen molar-refractivity contribution in [2.45, 2.75) is 26.0 Å². The van der Waals surface area contributed by atoms with Gasteiger partial charge in [-0.2, -0.15) is 0 Å². The van der Waals surface area contributed by atoms with Gasteiger partial charge in [0, 0.05) is 6.04 Å². The largest absolute Gasteiger partial charge is 0.497 e. The van der Waals surface area contributed by atoms with Crippen molar-refractivity contribution in [2.24, 2.45) is 5.73 Å². The van der Waals surface area contributed by atoms with E-state index in [1.165, 1.54) is 5.56 Å². The van der Waals surface area contributed by atoms with Gasteiger partial charge in [-0.1, -0.05) is 29.8 Å². The van der Waals surface area contributed by atoms with Gasteiger partial charge in [0.05, 0.1) is 7.11 Å². The normalized spacial score (nSPS) is 13.6. The molecule has 2 atom stereocenters. The molecule has 3 heteroatoms. The van der Waals surface area contributed by atoms with Crippen LogP contribution in [0.25, 0.3) is 0 Å². The van der Waals surface area contributed by atoms with Crippen LogP contribution >= 0.6 is 0 Å². The summed E-state index contributed by atoms with van der Waals surface area (Å²) in [5, 5.41) is 0. The first-order chi connectivity index (χ1) is 9.60. The van der Waals surface area contributed by atoms with Crippen molar-refractivity contribution in [3.63, 3.8) is 0 Å². The van der Waals surface area contributed by atoms with Crippen molar-refractivity contribution in [1.29, 1.82) is 0 Å². The lowest BCUT2D eigenvalue weighted by molar-refractivity contribution is 0.180. The van der Waals surface area contributed by atoms with Crippen LogP contribution in [-0.2, 0) is 0 Å². The van der Waals surface area contributed by atoms with Gasteiger partial charge in [-0.25, -0.2) is 0 Å². The number of nitrogens with two attached hydrogens (primary N) is 1. The monoisotopic (exact) mass is 271 g/mol. The third-order valence-electron chi connectivity index (χ3n) is 3.21. The fourth-order valence-electron chi connectivity index (χ4n) is 2.04. The Balaban J connectivity index is 2.18. The Morgan fingerprint density at radius 3 is 1.95 bits per heavy atom. The molecule has 0 spiro atoms. The maximum atomic E-state index is 6.06. The van der Waals surface area contributed by atoms with Crippen molar-refractivity contribution in [2.75, 3.05) is 7.11 Å². The van der Waals surface area contributed by atoms with E-state index in [0.717, 1.165) is 17.1 Å². The lowest BCUT2D eigenvalue weighted by atomic mass is 10.0. The standard InChI is InChI=1S/C17H21NO2/c1-12-4-6-14(7-5-12)17(13(2)18)20-16-10-8-15(19-3)9-11-16/h4-11,13,17H,18H2,1-3H3. The van der Waals surface area contributed by atoms with E-state index in [4.69, 9.17) is 15.2 Å². The molecule has 0 saturated carbocycles. The van der Waals surface area contributed by atoms with Gasteiger partial charge in [0.2, 0.25) is 0 Å². The first-order valence-corrected chi connectivity index (χ1v) is 6.73. The Morgan fingerprint density at radius 1 is 0.900 bits per heavy atom. The van der Waals surface area contributed by atoms with Crippen LogP contribution in [0.2, 0.25) is 0 Å². The number of benzene rings is 2. The summed E-state index contributed by atoms with van der Waals surface area (Å²) in [4.78, 5) is 0. The van der Waals surface area contributed by atoms with Gasteiger partial charge in [-0.05, 0) is 43.7 Å². The van der Waals surface area contributed by atoms with Crippen LogP contribution in [0.1, 0.15) is 24.2 Å². The molecule has 0 fully saturated rings. The summed E-state index contributed by atoms with van der Waals surface area (Å²) in [6, 6.07) is 15.7. The summed E-state index contributed by atoms with van der Waals surface area (Å²) in [5.74, 6) is 1.60. The molecule has 0 aliphatic heterocycles. The lowest BCUT2D eigenvalue weighted by Crippen LogP contribution is -2.29. The van der Waals surface area contributed by atoms with Gasteiger partial charge < -0.3 is 15.2 Å². The predicted molar refractivity (Wildman–Crippen MR) is 81.2 cm³/mol. The molecule has 2 N–H and O–H groups in total. The highest BCUT2D eigenvalue weighted by molar-refractivity contribution is 5.32. The Bertz CT molecular complexity index is 532. The Labute approximate surface area is 120 Å². The van der Waals surface area contributed by atoms with Crippen molar-refractivity contribution < 1.29 is 9.47 Å². The molecular formula is C17H21NO2. The third-order valence-corrected chi connectivity index (χ3v) is 3.21. The molecule has 0 radical (unpaired) electrons. The molecule has 0 aliphatic rings. The summed E-state index contributed by atoms with van der Waals surface area (Å²) in [7, 11) is 1.65. The zero-order valence-corrected chi connectivity index (χ0v) is 12.2. The predicted octanol–water partition coefficient (Wildman–Crippen LogP) is 3.47. The topological polar surface area (TPSA) is 44.5 Å². The molecule has 2 aromatic carbocycles. The van der Waals surface area contributed by atoms with Gasteiger partial charge in [-0.15, -0.1) is 0 Å². The smallest absolute Gasteiger partial charge is 0.138 e. The second kappa shape index (κ2) is 6.44. The van der Waals surface area contributed by atoms with Crippen LogP contribution < -0.4 is 15.2 Å². The number of methoxy groups -OCH3 is 1. The van der Waals surface area contributed by atoms with E-state index in [9.17, 15) is 0 Å². The summed E-state index contributed by atoms with van der Waals surface area (Å²) < 4.78 is 11.2. The van der Waals surface area contributed by atoms with Crippen LogP contribution in [0.3, 0.4) is 0 Å². The summed E-state index contributed by atoms with van der Waals surface area (Å²) in [6.07, 6.45) is -0.163. The first-order valence-electron chi connectivity index (χ1n) is 6.73. The molecule has 2 aromatic rings. The van der Waals surface area contributed by atoms with Gasteiger partial charge in [-0.3, -0.25) is 0 Å². The highest BCUT2D eigenvalue weighted by Crippen LogP contribution is 2.26. The molecule has 0 aromatic heterocycles. The van der Waals surface area contributed by atoms with Gasteiger partial charge >= 0.3 is 0 Å². The number of rotatable bonds is 5. The van der Waals surface area contributed by atoms with E-state index in [2.05, 4.69) is 31.2 Å². The van der Waals surface area contributed by atoms with Crippen LogP contribution in [-0.4, -0.2) is 13.2 Å². The molecular weight excluding hydrogens is 250 g/mol. The molecule has 2 unspecified atom stereocenters. The van der Waals surface area contributed by atoms with Gasteiger partial charge in [0.25, 0.3) is 0 Å². The fourth-order valence-corrected chi connectivity index (χ4v) is 2.04. The van der Waals surface area contributed by atoms with Crippen LogP contribution in [0.5, 0.6) is 11.5 Å². The van der Waals surface area contributed by atoms with E-state index in [-0.39, 0.29) is 12.1 Å². The molecule has 0 aliphatic carbocycles. The van der Waals surface area contributed by atoms with Crippen LogP contribution in [0, 0.1) is 6.92 Å². The molecule has 20 heavy (non-hydrogen) atoms. The van der Waals surface area contributed by atoms with Crippen molar-refractivity contribution in [3.05, 3.63) is 59.7 Å². The van der Waals surface area contributed by atoms with Crippen LogP contribution in [0.15, 0.2) is 48.5 Å². The zero-order chi connectivity index (χ0) is 14.5. The highest BCUT2D eigenvalue weighted by atomic mass is 16.5. The number of hydrogen-bond donors (Lipinski definition) is 1. The molecule has 0 bridgehead atoms. The number of aryl methyl sites for hydroxylation is 1. The fraction of sp³-hybridized carbons (Fsp3) is 0.294. The number of hydrogen-bond acceptors (Lipinski definition) is 3. The second-order valence-electron chi connectivity index (χ2n) is 4.98. The van der Waals surface area contributed by atoms with E-state index in [0.29, 0.717) is 0 Å². The molecule has 2 rings (SSSR count). The lowest BCUT2D eigenvalue weighted by Gasteiger charge is -2.23. The second-order valence-corrected chi connectivity index (χ2v) is 4.98. The van der Waals surface area contributed by atoms with Gasteiger partial charge in [0.15, 0.2) is 0 Å². The summed E-state index contributed by atoms with van der Waals surface area (Å²) in [5.41, 5.74) is 8.37. The first kappa shape index (κ1) is 14.4. The van der Waals surface area contributed by atoms with E-state index < -0.39 is 0 Å². The van der Waals surface area contributed by atoms with E-state index in [1.54, 1.807) is 7.11 Å². The molecule has 0 saturated heterocycles. The maximum absolute atomic E-state index is 6.06. The Kier molecular flexibility index (Phi) is 4.64. The Morgan fingerprint density at radius 2 is 1.45 bits per heavy atom. The van der Waals surface area contributed by atoms with E-state index in [1.807, 2.05) is 31.2 Å². The quantitative estimate of drug-likeness (QED) is 0.905. The van der Waals surface area contributed by atoms with Crippen molar-refractivity contribution >= 4 is 0 Å². The minimum Gasteiger partial charge on any atom is -0.497 e. The Hall–Kier alpha value is -2.00. The maximum Gasteiger partial charge on any atom is 0.138 e. The minimum atomic E-state index is -0.163. The molecule has 0 amide bonds. The average Bonchev–Trinajstić information content (AvgIpc) is 2.46. The van der Waals surface area contributed by atoms with Crippen molar-refractivity contribution in [3.8, 4) is 11.5 Å². The van der Waals surface area contributed by atoms with E-state index >= 15 is 0 Å². The molecule has 3 nitrogen and oxygen atoms in total. The molecule has 0 heterocycles. The minimum absolute atomic E-state index is 0.0974.